The Morgan fingerprint density at radius 2 is 2.38 bits per heavy atom. The maximum absolute atomic E-state index is 13.5. The summed E-state index contributed by atoms with van der Waals surface area (Å²) >= 11 is 6.26. The van der Waals surface area contributed by atoms with Crippen molar-refractivity contribution in [2.24, 2.45) is 0 Å². The second kappa shape index (κ2) is 5.61. The summed E-state index contributed by atoms with van der Waals surface area (Å²) in [6.45, 7) is 0.932. The second-order valence-electron chi connectivity index (χ2n) is 4.46. The normalized spacial score (nSPS) is 31.8. The molecule has 0 spiro atoms. The Morgan fingerprint density at radius 1 is 1.71 bits per heavy atom. The van der Waals surface area contributed by atoms with Crippen molar-refractivity contribution in [1.29, 1.82) is 0 Å². The van der Waals surface area contributed by atoms with E-state index in [1.165, 1.54) is 6.92 Å². The van der Waals surface area contributed by atoms with Crippen molar-refractivity contribution in [3.63, 3.8) is 0 Å². The topological polar surface area (TPSA) is 111 Å². The van der Waals surface area contributed by atoms with E-state index in [0.717, 1.165) is 10.8 Å². The van der Waals surface area contributed by atoms with Gasteiger partial charge in [0.2, 0.25) is 0 Å². The summed E-state index contributed by atoms with van der Waals surface area (Å²) in [5.74, 6) is 3.54. The van der Waals surface area contributed by atoms with Gasteiger partial charge in [0, 0.05) is 0 Å². The first kappa shape index (κ1) is 15.7. The second-order valence-corrected chi connectivity index (χ2v) is 5.09. The number of hydrogen-bond donors (Lipinski definition) is 3. The van der Waals surface area contributed by atoms with E-state index in [2.05, 4.69) is 16.8 Å². The van der Waals surface area contributed by atoms with Crippen molar-refractivity contribution in [3.8, 4) is 11.8 Å². The van der Waals surface area contributed by atoms with Crippen molar-refractivity contribution in [2.75, 3.05) is 12.3 Å². The molecule has 114 valence electrons. The third-order valence-corrected chi connectivity index (χ3v) is 3.63. The van der Waals surface area contributed by atoms with E-state index in [0.29, 0.717) is 0 Å². The standard InChI is InChI=1S/C12H13ClFN3O4/c1-2-3-12(13)8(19)7(5-18)21-10(12)17-4-6(14)9(15)16-11(17)20/h4,7-8,10,18-19H,5H2,1H3,(H2,15,16,20)/t7?,8-,10?,12?/m0/s1. The van der Waals surface area contributed by atoms with Crippen LogP contribution in [0.3, 0.4) is 0 Å². The van der Waals surface area contributed by atoms with Crippen LogP contribution in [-0.4, -0.2) is 43.5 Å². The fourth-order valence-electron chi connectivity index (χ4n) is 2.12. The summed E-state index contributed by atoms with van der Waals surface area (Å²) in [5.41, 5.74) is 4.30. The van der Waals surface area contributed by atoms with Crippen molar-refractivity contribution in [1.82, 2.24) is 9.55 Å². The first-order chi connectivity index (χ1) is 9.85. The van der Waals surface area contributed by atoms with Gasteiger partial charge >= 0.3 is 5.69 Å². The molecule has 4 N–H and O–H groups in total. The van der Waals surface area contributed by atoms with Crippen LogP contribution < -0.4 is 11.4 Å². The molecule has 1 aliphatic heterocycles. The van der Waals surface area contributed by atoms with Gasteiger partial charge in [0.05, 0.1) is 12.8 Å². The first-order valence-corrected chi connectivity index (χ1v) is 6.34. The number of ether oxygens (including phenoxy) is 1. The molecule has 2 rings (SSSR count). The summed E-state index contributed by atoms with van der Waals surface area (Å²) in [6.07, 6.45) is -3.00. The number of hydrogen-bond acceptors (Lipinski definition) is 6. The quantitative estimate of drug-likeness (QED) is 0.487. The molecule has 1 aliphatic rings. The monoisotopic (exact) mass is 317 g/mol. The van der Waals surface area contributed by atoms with Crippen molar-refractivity contribution in [2.45, 2.75) is 30.2 Å². The minimum Gasteiger partial charge on any atom is -0.394 e. The van der Waals surface area contributed by atoms with Crippen LogP contribution in [0.1, 0.15) is 13.2 Å². The van der Waals surface area contributed by atoms with Gasteiger partial charge in [-0.3, -0.25) is 4.57 Å². The third kappa shape index (κ3) is 2.49. The number of nitrogen functional groups attached to an aromatic ring is 1. The van der Waals surface area contributed by atoms with E-state index >= 15 is 0 Å². The Kier molecular flexibility index (Phi) is 4.20. The maximum atomic E-state index is 13.5. The molecule has 3 unspecified atom stereocenters. The van der Waals surface area contributed by atoms with E-state index < -0.39 is 47.2 Å². The molecule has 0 amide bonds. The molecular weight excluding hydrogens is 305 g/mol. The van der Waals surface area contributed by atoms with Gasteiger partial charge in [-0.05, 0) is 6.92 Å². The molecule has 2 heterocycles. The Balaban J connectivity index is 2.58. The molecule has 1 aromatic heterocycles. The summed E-state index contributed by atoms with van der Waals surface area (Å²) in [5, 5.41) is 19.3. The summed E-state index contributed by atoms with van der Waals surface area (Å²) in [6, 6.07) is 0. The lowest BCUT2D eigenvalue weighted by molar-refractivity contribution is -0.0467. The molecule has 1 saturated heterocycles. The number of aliphatic hydroxyl groups excluding tert-OH is 2. The highest BCUT2D eigenvalue weighted by atomic mass is 35.5. The fraction of sp³-hybridized carbons (Fsp3) is 0.500. The SMILES string of the molecule is CC#CC1(Cl)C(n2cc(F)c(N)nc2=O)OC(CO)[C@@H]1O. The van der Waals surface area contributed by atoms with Crippen LogP contribution >= 0.6 is 11.6 Å². The van der Waals surface area contributed by atoms with Crippen LogP contribution in [-0.2, 0) is 4.74 Å². The molecule has 0 aromatic carbocycles. The third-order valence-electron chi connectivity index (χ3n) is 3.13. The summed E-state index contributed by atoms with van der Waals surface area (Å²) < 4.78 is 19.6. The molecule has 4 atom stereocenters. The Labute approximate surface area is 124 Å². The van der Waals surface area contributed by atoms with Crippen LogP contribution in [0.15, 0.2) is 11.0 Å². The molecule has 0 saturated carbocycles. The van der Waals surface area contributed by atoms with Gasteiger partial charge in [0.25, 0.3) is 0 Å². The number of halogens is 2. The minimum absolute atomic E-state index is 0.544. The lowest BCUT2D eigenvalue weighted by Crippen LogP contribution is -2.43. The predicted octanol–water partition coefficient (Wildman–Crippen LogP) is -0.784. The predicted molar refractivity (Wildman–Crippen MR) is 71.9 cm³/mol. The van der Waals surface area contributed by atoms with Gasteiger partial charge in [0.15, 0.2) is 22.7 Å². The summed E-state index contributed by atoms with van der Waals surface area (Å²) in [4.78, 5) is 13.4. The zero-order chi connectivity index (χ0) is 15.8. The van der Waals surface area contributed by atoms with Crippen molar-refractivity contribution < 1.29 is 19.3 Å². The number of aromatic nitrogens is 2. The van der Waals surface area contributed by atoms with Gasteiger partial charge in [-0.1, -0.05) is 17.5 Å². The average Bonchev–Trinajstić information content (AvgIpc) is 2.67. The lowest BCUT2D eigenvalue weighted by Gasteiger charge is -2.25. The highest BCUT2D eigenvalue weighted by Crippen LogP contribution is 2.42. The molecule has 0 aliphatic carbocycles. The van der Waals surface area contributed by atoms with E-state index in [9.17, 15) is 19.4 Å². The summed E-state index contributed by atoms with van der Waals surface area (Å²) in [7, 11) is 0. The van der Waals surface area contributed by atoms with Crippen LogP contribution in [0.2, 0.25) is 0 Å². The molecule has 1 aromatic rings. The number of anilines is 1. The van der Waals surface area contributed by atoms with Crippen LogP contribution in [0, 0.1) is 17.7 Å². The van der Waals surface area contributed by atoms with Crippen molar-refractivity contribution in [3.05, 3.63) is 22.5 Å². The number of aliphatic hydroxyl groups is 2. The number of alkyl halides is 1. The van der Waals surface area contributed by atoms with Gasteiger partial charge in [-0.2, -0.15) is 4.98 Å². The van der Waals surface area contributed by atoms with E-state index in [4.69, 9.17) is 22.1 Å². The average molecular weight is 318 g/mol. The minimum atomic E-state index is -1.73. The molecule has 21 heavy (non-hydrogen) atoms. The van der Waals surface area contributed by atoms with E-state index in [-0.39, 0.29) is 0 Å². The number of rotatable bonds is 2. The van der Waals surface area contributed by atoms with Crippen molar-refractivity contribution >= 4 is 17.4 Å². The van der Waals surface area contributed by atoms with Crippen LogP contribution in [0.5, 0.6) is 0 Å². The fourth-order valence-corrected chi connectivity index (χ4v) is 2.51. The number of nitrogens with zero attached hydrogens (tertiary/aromatic N) is 2. The Morgan fingerprint density at radius 3 is 2.95 bits per heavy atom. The highest BCUT2D eigenvalue weighted by molar-refractivity contribution is 6.27. The first-order valence-electron chi connectivity index (χ1n) is 5.96. The largest absolute Gasteiger partial charge is 0.394 e. The zero-order valence-corrected chi connectivity index (χ0v) is 11.7. The number of nitrogens with two attached hydrogens (primary N) is 1. The van der Waals surface area contributed by atoms with Gasteiger partial charge in [0.1, 0.15) is 12.2 Å². The molecule has 7 nitrogen and oxygen atoms in total. The van der Waals surface area contributed by atoms with Gasteiger partial charge < -0.3 is 20.7 Å². The maximum Gasteiger partial charge on any atom is 0.351 e. The van der Waals surface area contributed by atoms with Crippen LogP contribution in [0.25, 0.3) is 0 Å². The Bertz CT molecular complexity index is 671. The highest BCUT2D eigenvalue weighted by Gasteiger charge is 2.55. The van der Waals surface area contributed by atoms with Crippen LogP contribution in [0.4, 0.5) is 10.2 Å². The van der Waals surface area contributed by atoms with Gasteiger partial charge in [-0.15, -0.1) is 5.92 Å². The van der Waals surface area contributed by atoms with E-state index in [1.807, 2.05) is 0 Å². The molecule has 9 heteroatoms. The molecule has 0 bridgehead atoms. The van der Waals surface area contributed by atoms with Gasteiger partial charge in [-0.25, -0.2) is 9.18 Å². The smallest absolute Gasteiger partial charge is 0.351 e. The lowest BCUT2D eigenvalue weighted by atomic mass is 9.99. The molecule has 1 fully saturated rings. The molecular formula is C12H13ClFN3O4. The zero-order valence-electron chi connectivity index (χ0n) is 11.0. The molecule has 0 radical (unpaired) electrons. The van der Waals surface area contributed by atoms with E-state index in [1.54, 1.807) is 0 Å². The Hall–Kier alpha value is -1.66.